The fourth-order valence-corrected chi connectivity index (χ4v) is 3.13. The summed E-state index contributed by atoms with van der Waals surface area (Å²) >= 11 is 0. The van der Waals surface area contributed by atoms with Gasteiger partial charge in [0.25, 0.3) is 0 Å². The van der Waals surface area contributed by atoms with E-state index in [1.807, 2.05) is 24.3 Å². The van der Waals surface area contributed by atoms with E-state index in [-0.39, 0.29) is 5.41 Å². The Morgan fingerprint density at radius 3 is 2.95 bits per heavy atom. The number of hydrogen-bond donors (Lipinski definition) is 0. The zero-order valence-electron chi connectivity index (χ0n) is 12.4. The van der Waals surface area contributed by atoms with E-state index in [2.05, 4.69) is 29.1 Å². The fourth-order valence-electron chi connectivity index (χ4n) is 3.13. The number of hydrogen-bond acceptors (Lipinski definition) is 2. The second-order valence-electron chi connectivity index (χ2n) is 5.75. The standard InChI is InChI=1S/C17H20N4/c1-2-17(9-5-11-18)10-8-14(13-17)12-15-6-3-4-7-16(15)20-21-19/h3-4,6-8H,2,5,9-10,12-13H2,1H3. The molecule has 1 aliphatic carbocycles. The first kappa shape index (κ1) is 15.2. The molecule has 4 nitrogen and oxygen atoms in total. The predicted octanol–water partition coefficient (Wildman–Crippen LogP) is 5.59. The third-order valence-corrected chi connectivity index (χ3v) is 4.50. The van der Waals surface area contributed by atoms with E-state index in [0.717, 1.165) is 37.7 Å². The largest absolute Gasteiger partial charge is 0.198 e. The number of nitrogens with zero attached hydrogens (tertiary/aromatic N) is 4. The maximum Gasteiger partial charge on any atom is 0.0621 e. The quantitative estimate of drug-likeness (QED) is 0.289. The second-order valence-corrected chi connectivity index (χ2v) is 5.75. The Labute approximate surface area is 125 Å². The summed E-state index contributed by atoms with van der Waals surface area (Å²) in [5, 5.41) is 12.6. The van der Waals surface area contributed by atoms with Crippen molar-refractivity contribution in [3.05, 3.63) is 51.9 Å². The van der Waals surface area contributed by atoms with Crippen LogP contribution in [0, 0.1) is 16.7 Å². The van der Waals surface area contributed by atoms with E-state index >= 15 is 0 Å². The molecule has 4 heteroatoms. The van der Waals surface area contributed by atoms with E-state index in [1.165, 1.54) is 5.57 Å². The average molecular weight is 280 g/mol. The van der Waals surface area contributed by atoms with Gasteiger partial charge in [0.15, 0.2) is 0 Å². The Morgan fingerprint density at radius 2 is 2.24 bits per heavy atom. The normalized spacial score (nSPS) is 20.5. The lowest BCUT2D eigenvalue weighted by Crippen LogP contribution is -2.16. The summed E-state index contributed by atoms with van der Waals surface area (Å²) in [4.78, 5) is 2.90. The van der Waals surface area contributed by atoms with E-state index in [4.69, 9.17) is 10.8 Å². The Kier molecular flexibility index (Phi) is 5.03. The summed E-state index contributed by atoms with van der Waals surface area (Å²) in [6, 6.07) is 10.0. The van der Waals surface area contributed by atoms with Gasteiger partial charge in [0.05, 0.1) is 6.07 Å². The van der Waals surface area contributed by atoms with Crippen LogP contribution in [0.15, 0.2) is 41.0 Å². The highest BCUT2D eigenvalue weighted by Crippen LogP contribution is 2.45. The third kappa shape index (κ3) is 3.65. The number of nitriles is 1. The van der Waals surface area contributed by atoms with Crippen LogP contribution in [0.3, 0.4) is 0 Å². The topological polar surface area (TPSA) is 72.5 Å². The Hall–Kier alpha value is -2.24. The van der Waals surface area contributed by atoms with Crippen LogP contribution in [0.2, 0.25) is 0 Å². The van der Waals surface area contributed by atoms with Crippen molar-refractivity contribution in [3.8, 4) is 6.07 Å². The SMILES string of the molecule is CCC1(CCC#N)CC=C(Cc2ccccc2N=[N+]=[N-])C1. The monoisotopic (exact) mass is 280 g/mol. The Morgan fingerprint density at radius 1 is 1.43 bits per heavy atom. The number of azide groups is 1. The predicted molar refractivity (Wildman–Crippen MR) is 83.8 cm³/mol. The molecule has 0 radical (unpaired) electrons. The molecule has 1 atom stereocenters. The fraction of sp³-hybridized carbons (Fsp3) is 0.471. The number of benzene rings is 1. The van der Waals surface area contributed by atoms with Crippen molar-refractivity contribution >= 4 is 5.69 Å². The highest BCUT2D eigenvalue weighted by Gasteiger charge is 2.32. The maximum absolute atomic E-state index is 8.82. The molecule has 1 aromatic rings. The van der Waals surface area contributed by atoms with Crippen molar-refractivity contribution in [1.82, 2.24) is 0 Å². The minimum Gasteiger partial charge on any atom is -0.198 e. The van der Waals surface area contributed by atoms with Crippen molar-refractivity contribution in [2.45, 2.75) is 45.4 Å². The van der Waals surface area contributed by atoms with Gasteiger partial charge in [-0.2, -0.15) is 5.26 Å². The molecule has 0 fully saturated rings. The maximum atomic E-state index is 8.82. The van der Waals surface area contributed by atoms with Crippen LogP contribution in [0.25, 0.3) is 10.4 Å². The highest BCUT2D eigenvalue weighted by atomic mass is 15.1. The molecular weight excluding hydrogens is 260 g/mol. The van der Waals surface area contributed by atoms with Crippen molar-refractivity contribution in [2.24, 2.45) is 10.5 Å². The van der Waals surface area contributed by atoms with Gasteiger partial charge in [0.2, 0.25) is 0 Å². The molecule has 0 aromatic heterocycles. The van der Waals surface area contributed by atoms with Crippen LogP contribution in [0.1, 0.15) is 44.6 Å². The van der Waals surface area contributed by atoms with Crippen molar-refractivity contribution in [2.75, 3.05) is 0 Å². The van der Waals surface area contributed by atoms with Gasteiger partial charge in [-0.1, -0.05) is 48.0 Å². The van der Waals surface area contributed by atoms with E-state index < -0.39 is 0 Å². The lowest BCUT2D eigenvalue weighted by atomic mass is 9.77. The molecule has 0 saturated heterocycles. The van der Waals surface area contributed by atoms with Crippen LogP contribution in [0.4, 0.5) is 5.69 Å². The minimum atomic E-state index is 0.262. The molecule has 21 heavy (non-hydrogen) atoms. The molecule has 0 bridgehead atoms. The Balaban J connectivity index is 2.09. The lowest BCUT2D eigenvalue weighted by Gasteiger charge is -2.27. The first-order valence-corrected chi connectivity index (χ1v) is 7.41. The number of allylic oxidation sites excluding steroid dienone is 2. The molecule has 108 valence electrons. The van der Waals surface area contributed by atoms with Crippen molar-refractivity contribution in [1.29, 1.82) is 5.26 Å². The van der Waals surface area contributed by atoms with Crippen molar-refractivity contribution in [3.63, 3.8) is 0 Å². The third-order valence-electron chi connectivity index (χ3n) is 4.50. The molecule has 1 aliphatic rings. The van der Waals surface area contributed by atoms with Gasteiger partial charge < -0.3 is 0 Å². The molecule has 0 saturated carbocycles. The molecule has 0 aliphatic heterocycles. The molecule has 0 heterocycles. The molecule has 1 unspecified atom stereocenters. The minimum absolute atomic E-state index is 0.262. The Bertz CT molecular complexity index is 620. The zero-order valence-corrected chi connectivity index (χ0v) is 12.4. The molecular formula is C17H20N4. The lowest BCUT2D eigenvalue weighted by molar-refractivity contribution is 0.271. The molecule has 1 aromatic carbocycles. The van der Waals surface area contributed by atoms with Gasteiger partial charge >= 0.3 is 0 Å². The van der Waals surface area contributed by atoms with Crippen LogP contribution in [-0.4, -0.2) is 0 Å². The van der Waals surface area contributed by atoms with Gasteiger partial charge in [-0.05, 0) is 48.6 Å². The summed E-state index contributed by atoms with van der Waals surface area (Å²) in [7, 11) is 0. The van der Waals surface area contributed by atoms with Gasteiger partial charge in [-0.15, -0.1) is 0 Å². The summed E-state index contributed by atoms with van der Waals surface area (Å²) in [5.41, 5.74) is 12.1. The zero-order chi connectivity index (χ0) is 15.1. The first-order valence-electron chi connectivity index (χ1n) is 7.41. The van der Waals surface area contributed by atoms with Crippen molar-refractivity contribution < 1.29 is 0 Å². The van der Waals surface area contributed by atoms with Crippen LogP contribution < -0.4 is 0 Å². The second kappa shape index (κ2) is 6.97. The van der Waals surface area contributed by atoms with Gasteiger partial charge in [-0.3, -0.25) is 0 Å². The summed E-state index contributed by atoms with van der Waals surface area (Å²) in [6.45, 7) is 2.21. The van der Waals surface area contributed by atoms with Gasteiger partial charge in [0.1, 0.15) is 0 Å². The first-order chi connectivity index (χ1) is 10.2. The van der Waals surface area contributed by atoms with E-state index in [1.54, 1.807) is 0 Å². The summed E-state index contributed by atoms with van der Waals surface area (Å²) < 4.78 is 0. The smallest absolute Gasteiger partial charge is 0.0621 e. The van der Waals surface area contributed by atoms with Gasteiger partial charge in [-0.25, -0.2) is 0 Å². The number of rotatable bonds is 6. The highest BCUT2D eigenvalue weighted by molar-refractivity contribution is 5.47. The van der Waals surface area contributed by atoms with E-state index in [0.29, 0.717) is 12.1 Å². The van der Waals surface area contributed by atoms with Crippen LogP contribution >= 0.6 is 0 Å². The van der Waals surface area contributed by atoms with Gasteiger partial charge in [0, 0.05) is 17.0 Å². The van der Waals surface area contributed by atoms with Crippen LogP contribution in [-0.2, 0) is 6.42 Å². The average Bonchev–Trinajstić information content (AvgIpc) is 2.91. The van der Waals surface area contributed by atoms with Crippen LogP contribution in [0.5, 0.6) is 0 Å². The molecule has 0 spiro atoms. The molecule has 0 N–H and O–H groups in total. The summed E-state index contributed by atoms with van der Waals surface area (Å²) in [5.74, 6) is 0. The molecule has 2 rings (SSSR count). The van der Waals surface area contributed by atoms with E-state index in [9.17, 15) is 0 Å². The summed E-state index contributed by atoms with van der Waals surface area (Å²) in [6.07, 6.45) is 7.96. The molecule has 0 amide bonds.